The number of carbonyl (C=O) groups is 1. The first-order valence-corrected chi connectivity index (χ1v) is 13.8. The molecule has 0 bridgehead atoms. The van der Waals surface area contributed by atoms with Crippen molar-refractivity contribution < 1.29 is 14.3 Å². The average molecular weight is 535 g/mol. The number of allylic oxidation sites excluding steroid dienone is 1. The van der Waals surface area contributed by atoms with Crippen molar-refractivity contribution in [3.8, 4) is 11.5 Å². The van der Waals surface area contributed by atoms with Crippen molar-refractivity contribution in [3.63, 3.8) is 0 Å². The number of hydrogen-bond acceptors (Lipinski definition) is 4. The van der Waals surface area contributed by atoms with E-state index in [0.717, 1.165) is 66.1 Å². The number of carbonyl (C=O) groups excluding carboxylic acids is 1. The summed E-state index contributed by atoms with van der Waals surface area (Å²) in [7, 11) is 0. The van der Waals surface area contributed by atoms with Crippen LogP contribution in [0.15, 0.2) is 72.8 Å². The van der Waals surface area contributed by atoms with E-state index < -0.39 is 6.09 Å². The molecule has 202 valence electrons. The van der Waals surface area contributed by atoms with Gasteiger partial charge in [-0.1, -0.05) is 75.2 Å². The summed E-state index contributed by atoms with van der Waals surface area (Å²) in [5.41, 5.74) is 5.37. The van der Waals surface area contributed by atoms with Gasteiger partial charge >= 0.3 is 6.09 Å². The highest BCUT2D eigenvalue weighted by Crippen LogP contribution is 2.34. The first-order valence-electron chi connectivity index (χ1n) is 13.4. The first kappa shape index (κ1) is 29.3. The van der Waals surface area contributed by atoms with Crippen LogP contribution >= 0.6 is 11.6 Å². The van der Waals surface area contributed by atoms with Crippen LogP contribution in [0.4, 0.5) is 4.79 Å². The summed E-state index contributed by atoms with van der Waals surface area (Å²) in [6, 6.07) is 23.7. The van der Waals surface area contributed by atoms with Gasteiger partial charge in [-0.15, -0.1) is 0 Å². The van der Waals surface area contributed by atoms with E-state index in [1.807, 2.05) is 60.7 Å². The van der Waals surface area contributed by atoms with Crippen LogP contribution in [-0.2, 0) is 0 Å². The Bertz CT molecular complexity index is 1170. The molecule has 0 atom stereocenters. The maximum atomic E-state index is 12.1. The van der Waals surface area contributed by atoms with Gasteiger partial charge in [0, 0.05) is 18.1 Å². The van der Waals surface area contributed by atoms with Crippen molar-refractivity contribution in [2.75, 3.05) is 32.8 Å². The molecule has 0 fully saturated rings. The second-order valence-electron chi connectivity index (χ2n) is 9.10. The number of nitrogens with one attached hydrogen (secondary N) is 1. The zero-order valence-electron chi connectivity index (χ0n) is 22.9. The van der Waals surface area contributed by atoms with Gasteiger partial charge in [0.2, 0.25) is 0 Å². The molecular formula is C32H39ClN2O3. The summed E-state index contributed by atoms with van der Waals surface area (Å²) in [5.74, 6) is 1.35. The Hall–Kier alpha value is -3.28. The summed E-state index contributed by atoms with van der Waals surface area (Å²) >= 11 is 6.15. The molecule has 0 aromatic heterocycles. The minimum atomic E-state index is -0.434. The Balaban J connectivity index is 1.85. The molecule has 1 N–H and O–H groups in total. The van der Waals surface area contributed by atoms with E-state index in [1.165, 1.54) is 0 Å². The fourth-order valence-electron chi connectivity index (χ4n) is 4.19. The van der Waals surface area contributed by atoms with Crippen LogP contribution in [0.5, 0.6) is 11.5 Å². The lowest BCUT2D eigenvalue weighted by molar-refractivity contribution is 0.200. The highest BCUT2D eigenvalue weighted by atomic mass is 35.5. The van der Waals surface area contributed by atoms with E-state index in [4.69, 9.17) is 21.1 Å². The van der Waals surface area contributed by atoms with E-state index in [0.29, 0.717) is 23.9 Å². The highest BCUT2D eigenvalue weighted by molar-refractivity contribution is 6.30. The molecule has 0 aliphatic carbocycles. The van der Waals surface area contributed by atoms with E-state index in [1.54, 1.807) is 0 Å². The fourth-order valence-corrected chi connectivity index (χ4v) is 4.32. The number of unbranched alkanes of at least 4 members (excludes halogenated alkanes) is 1. The molecule has 0 heterocycles. The molecular weight excluding hydrogens is 496 g/mol. The maximum Gasteiger partial charge on any atom is 0.412 e. The summed E-state index contributed by atoms with van der Waals surface area (Å²) in [4.78, 5) is 14.4. The Labute approximate surface area is 232 Å². The van der Waals surface area contributed by atoms with Crippen molar-refractivity contribution in [1.82, 2.24) is 10.2 Å². The molecule has 3 rings (SSSR count). The molecule has 5 nitrogen and oxygen atoms in total. The van der Waals surface area contributed by atoms with E-state index in [9.17, 15) is 4.79 Å². The van der Waals surface area contributed by atoms with E-state index in [2.05, 4.69) is 50.0 Å². The first-order chi connectivity index (χ1) is 18.4. The van der Waals surface area contributed by atoms with Gasteiger partial charge in [-0.3, -0.25) is 0 Å². The van der Waals surface area contributed by atoms with Crippen molar-refractivity contribution in [2.24, 2.45) is 0 Å². The van der Waals surface area contributed by atoms with Crippen LogP contribution in [0.3, 0.4) is 0 Å². The third kappa shape index (κ3) is 8.64. The molecule has 0 radical (unpaired) electrons. The summed E-state index contributed by atoms with van der Waals surface area (Å²) in [6.07, 6.45) is 1.50. The number of nitrogens with zero attached hydrogens (tertiary/aromatic N) is 1. The van der Waals surface area contributed by atoms with Crippen LogP contribution in [0, 0.1) is 0 Å². The van der Waals surface area contributed by atoms with Gasteiger partial charge in [-0.25, -0.2) is 4.79 Å². The van der Waals surface area contributed by atoms with Gasteiger partial charge in [0.25, 0.3) is 0 Å². The number of rotatable bonds is 13. The Morgan fingerprint density at radius 3 is 1.92 bits per heavy atom. The molecule has 0 saturated carbocycles. The van der Waals surface area contributed by atoms with Crippen LogP contribution in [0.2, 0.25) is 5.02 Å². The smallest absolute Gasteiger partial charge is 0.412 e. The van der Waals surface area contributed by atoms with Crippen LogP contribution in [0.25, 0.3) is 11.1 Å². The Kier molecular flexibility index (Phi) is 11.7. The molecule has 0 saturated heterocycles. The zero-order chi connectivity index (χ0) is 27.3. The molecule has 0 unspecified atom stereocenters. The predicted molar refractivity (Wildman–Crippen MR) is 158 cm³/mol. The largest absolute Gasteiger partial charge is 0.492 e. The van der Waals surface area contributed by atoms with E-state index in [-0.39, 0.29) is 0 Å². The van der Waals surface area contributed by atoms with Crippen molar-refractivity contribution in [3.05, 3.63) is 94.5 Å². The minimum Gasteiger partial charge on any atom is -0.492 e. The minimum absolute atomic E-state index is 0.434. The molecule has 3 aromatic rings. The maximum absolute atomic E-state index is 12.1. The van der Waals surface area contributed by atoms with Gasteiger partial charge in [-0.05, 0) is 90.7 Å². The molecule has 38 heavy (non-hydrogen) atoms. The van der Waals surface area contributed by atoms with Crippen LogP contribution in [-0.4, -0.2) is 43.8 Å². The topological polar surface area (TPSA) is 50.8 Å². The quantitative estimate of drug-likeness (QED) is 0.179. The lowest BCUT2D eigenvalue weighted by atomic mass is 9.90. The van der Waals surface area contributed by atoms with Gasteiger partial charge in [0.1, 0.15) is 18.1 Å². The third-order valence-electron chi connectivity index (χ3n) is 6.52. The second-order valence-corrected chi connectivity index (χ2v) is 9.54. The van der Waals surface area contributed by atoms with Crippen LogP contribution in [0.1, 0.15) is 57.2 Å². The zero-order valence-corrected chi connectivity index (χ0v) is 23.7. The molecule has 1 amide bonds. The second kappa shape index (κ2) is 15.2. The van der Waals surface area contributed by atoms with Crippen molar-refractivity contribution >= 4 is 28.8 Å². The number of benzene rings is 3. The standard InChI is InChI=1S/C32H39ClN2O3/c1-5-8-21-34-32(36)38-30-19-13-27(14-20-30)31(24(4)25-9-15-28(33)16-10-25)26-11-17-29(18-12-26)37-23-22-35(6-2)7-3/h9-20H,5-8,21-23H2,1-4H3,(H,34,36)/b31-24+. The van der Waals surface area contributed by atoms with Crippen molar-refractivity contribution in [1.29, 1.82) is 0 Å². The molecule has 0 spiro atoms. The summed E-state index contributed by atoms with van der Waals surface area (Å²) in [5, 5.41) is 3.48. The SMILES string of the molecule is CCCCNC(=O)Oc1ccc(/C(=C(\C)c2ccc(Cl)cc2)c2ccc(OCCN(CC)CC)cc2)cc1. The highest BCUT2D eigenvalue weighted by Gasteiger charge is 2.13. The molecule has 0 aliphatic heterocycles. The van der Waals surface area contributed by atoms with Gasteiger partial charge in [0.15, 0.2) is 0 Å². The number of halogens is 1. The van der Waals surface area contributed by atoms with Gasteiger partial charge < -0.3 is 19.7 Å². The lowest BCUT2D eigenvalue weighted by Crippen LogP contribution is -2.27. The fraction of sp³-hybridized carbons (Fsp3) is 0.344. The summed E-state index contributed by atoms with van der Waals surface area (Å²) in [6.45, 7) is 12.7. The number of ether oxygens (including phenoxy) is 2. The lowest BCUT2D eigenvalue weighted by Gasteiger charge is -2.18. The van der Waals surface area contributed by atoms with E-state index >= 15 is 0 Å². The monoisotopic (exact) mass is 534 g/mol. The average Bonchev–Trinajstić information content (AvgIpc) is 2.93. The van der Waals surface area contributed by atoms with Gasteiger partial charge in [0.05, 0.1) is 0 Å². The van der Waals surface area contributed by atoms with Gasteiger partial charge in [-0.2, -0.15) is 0 Å². The number of amides is 1. The summed E-state index contributed by atoms with van der Waals surface area (Å²) < 4.78 is 11.4. The normalized spacial score (nSPS) is 11.7. The molecule has 0 aliphatic rings. The molecule has 3 aromatic carbocycles. The van der Waals surface area contributed by atoms with Crippen molar-refractivity contribution in [2.45, 2.75) is 40.5 Å². The van der Waals surface area contributed by atoms with Crippen LogP contribution < -0.4 is 14.8 Å². The predicted octanol–water partition coefficient (Wildman–Crippen LogP) is 7.93. The molecule has 6 heteroatoms. The third-order valence-corrected chi connectivity index (χ3v) is 6.77. The Morgan fingerprint density at radius 1 is 0.816 bits per heavy atom. The number of likely N-dealkylation sites (N-methyl/N-ethyl adjacent to an activating group) is 1. The Morgan fingerprint density at radius 2 is 1.37 bits per heavy atom. The number of hydrogen-bond donors (Lipinski definition) is 1.